The van der Waals surface area contributed by atoms with E-state index in [-0.39, 0.29) is 11.7 Å². The molecule has 3 amide bonds. The molecule has 0 aliphatic heterocycles. The molecule has 2 aromatic rings. The molecule has 27 heavy (non-hydrogen) atoms. The summed E-state index contributed by atoms with van der Waals surface area (Å²) >= 11 is 0. The maximum atomic E-state index is 13.3. The Labute approximate surface area is 155 Å². The first-order chi connectivity index (χ1) is 12.9. The Morgan fingerprint density at radius 2 is 1.74 bits per heavy atom. The van der Waals surface area contributed by atoms with E-state index in [2.05, 4.69) is 16.2 Å². The number of hydrogen-bond acceptors (Lipinski definition) is 4. The Bertz CT molecular complexity index is 850. The summed E-state index contributed by atoms with van der Waals surface area (Å²) < 4.78 is 18.4. The largest absolute Gasteiger partial charge is 0.481 e. The molecule has 3 N–H and O–H groups in total. The number of nitrogens with one attached hydrogen (secondary N) is 3. The van der Waals surface area contributed by atoms with Crippen LogP contribution >= 0.6 is 0 Å². The molecule has 140 valence electrons. The van der Waals surface area contributed by atoms with Crippen LogP contribution in [0, 0.1) is 5.82 Å². The van der Waals surface area contributed by atoms with Crippen molar-refractivity contribution in [3.8, 4) is 5.75 Å². The summed E-state index contributed by atoms with van der Waals surface area (Å²) in [4.78, 5) is 34.2. The number of amides is 3. The van der Waals surface area contributed by atoms with Gasteiger partial charge in [0.2, 0.25) is 5.91 Å². The molecule has 0 fully saturated rings. The molecule has 8 heteroatoms. The van der Waals surface area contributed by atoms with Gasteiger partial charge in [-0.2, -0.15) is 0 Å². The van der Waals surface area contributed by atoms with Gasteiger partial charge in [0.05, 0.1) is 0 Å². The average molecular weight is 371 g/mol. The molecule has 0 atom stereocenters. The molecule has 0 heterocycles. The first-order valence-electron chi connectivity index (χ1n) is 7.96. The van der Waals surface area contributed by atoms with Gasteiger partial charge in [0.1, 0.15) is 0 Å². The van der Waals surface area contributed by atoms with Gasteiger partial charge in [0.25, 0.3) is 11.8 Å². The van der Waals surface area contributed by atoms with Gasteiger partial charge in [-0.05, 0) is 35.9 Å². The van der Waals surface area contributed by atoms with E-state index in [1.807, 2.05) is 0 Å². The van der Waals surface area contributed by atoms with Gasteiger partial charge in [-0.15, -0.1) is 0 Å². The first kappa shape index (κ1) is 19.6. The molecule has 2 rings (SSSR count). The van der Waals surface area contributed by atoms with Crippen molar-refractivity contribution in [3.05, 3.63) is 66.0 Å². The Balaban J connectivity index is 1.75. The number of halogens is 1. The molecular formula is C19H18FN3O4. The summed E-state index contributed by atoms with van der Waals surface area (Å²) in [6.45, 7) is 0.962. The van der Waals surface area contributed by atoms with Crippen molar-refractivity contribution >= 4 is 29.5 Å². The SMILES string of the molecule is CC(=O)Nc1ccc(/C=C/C(=O)NNC(=O)COc2ccccc2F)cc1. The van der Waals surface area contributed by atoms with Crippen LogP contribution in [0.3, 0.4) is 0 Å². The van der Waals surface area contributed by atoms with Crippen LogP contribution in [0.5, 0.6) is 5.75 Å². The number of ether oxygens (including phenoxy) is 1. The lowest BCUT2D eigenvalue weighted by Gasteiger charge is -2.08. The van der Waals surface area contributed by atoms with Crippen LogP contribution in [-0.4, -0.2) is 24.3 Å². The molecule has 7 nitrogen and oxygen atoms in total. The lowest BCUT2D eigenvalue weighted by atomic mass is 10.2. The highest BCUT2D eigenvalue weighted by Crippen LogP contribution is 2.14. The molecular weight excluding hydrogens is 353 g/mol. The van der Waals surface area contributed by atoms with Crippen molar-refractivity contribution in [1.29, 1.82) is 0 Å². The zero-order valence-corrected chi connectivity index (χ0v) is 14.5. The number of hydrazine groups is 1. The van der Waals surface area contributed by atoms with Crippen molar-refractivity contribution in [1.82, 2.24) is 10.9 Å². The van der Waals surface area contributed by atoms with Gasteiger partial charge < -0.3 is 10.1 Å². The standard InChI is InChI=1S/C19H18FN3O4/c1-13(24)21-15-9-6-14(7-10-15)8-11-18(25)22-23-19(26)12-27-17-5-3-2-4-16(17)20/h2-11H,12H2,1H3,(H,21,24)(H,22,25)(H,23,26)/b11-8+. The number of anilines is 1. The minimum Gasteiger partial charge on any atom is -0.481 e. The number of benzene rings is 2. The van der Waals surface area contributed by atoms with E-state index in [4.69, 9.17) is 4.74 Å². The van der Waals surface area contributed by atoms with E-state index in [1.165, 1.54) is 37.3 Å². The van der Waals surface area contributed by atoms with E-state index in [9.17, 15) is 18.8 Å². The van der Waals surface area contributed by atoms with E-state index in [1.54, 1.807) is 30.3 Å². The Morgan fingerprint density at radius 3 is 2.41 bits per heavy atom. The number of hydrogen-bond donors (Lipinski definition) is 3. The second-order valence-corrected chi connectivity index (χ2v) is 5.39. The van der Waals surface area contributed by atoms with Gasteiger partial charge >= 0.3 is 0 Å². The molecule has 0 saturated carbocycles. The minimum absolute atomic E-state index is 0.0541. The fraction of sp³-hybridized carbons (Fsp3) is 0.105. The van der Waals surface area contributed by atoms with Gasteiger partial charge in [-0.25, -0.2) is 4.39 Å². The molecule has 0 unspecified atom stereocenters. The maximum Gasteiger partial charge on any atom is 0.276 e. The van der Waals surface area contributed by atoms with Crippen molar-refractivity contribution in [3.63, 3.8) is 0 Å². The molecule has 0 aliphatic rings. The van der Waals surface area contributed by atoms with E-state index in [0.29, 0.717) is 5.69 Å². The van der Waals surface area contributed by atoms with Crippen molar-refractivity contribution in [2.24, 2.45) is 0 Å². The number of para-hydroxylation sites is 1. The van der Waals surface area contributed by atoms with Crippen molar-refractivity contribution < 1.29 is 23.5 Å². The highest BCUT2D eigenvalue weighted by Gasteiger charge is 2.06. The minimum atomic E-state index is -0.639. The van der Waals surface area contributed by atoms with Crippen LogP contribution in [0.25, 0.3) is 6.08 Å². The smallest absolute Gasteiger partial charge is 0.276 e. The third-order valence-electron chi connectivity index (χ3n) is 3.18. The fourth-order valence-corrected chi connectivity index (χ4v) is 1.97. The third-order valence-corrected chi connectivity index (χ3v) is 3.18. The topological polar surface area (TPSA) is 96.5 Å². The third kappa shape index (κ3) is 6.99. The van der Waals surface area contributed by atoms with Gasteiger partial charge in [-0.3, -0.25) is 25.2 Å². The van der Waals surface area contributed by atoms with Crippen molar-refractivity contribution in [2.75, 3.05) is 11.9 Å². The fourth-order valence-electron chi connectivity index (χ4n) is 1.97. The molecule has 0 spiro atoms. The summed E-state index contributed by atoms with van der Waals surface area (Å²) in [6.07, 6.45) is 2.76. The predicted molar refractivity (Wildman–Crippen MR) is 98.0 cm³/mol. The number of rotatable bonds is 6. The second kappa shape index (κ2) is 9.71. The van der Waals surface area contributed by atoms with E-state index in [0.717, 1.165) is 5.56 Å². The average Bonchev–Trinajstić information content (AvgIpc) is 2.64. The molecule has 0 aliphatic carbocycles. The molecule has 0 bridgehead atoms. The van der Waals surface area contributed by atoms with Crippen LogP contribution in [0.1, 0.15) is 12.5 Å². The zero-order chi connectivity index (χ0) is 19.6. The summed E-state index contributed by atoms with van der Waals surface area (Å²) in [5.41, 5.74) is 5.71. The van der Waals surface area contributed by atoms with Crippen molar-refractivity contribution in [2.45, 2.75) is 6.92 Å². The normalized spacial score (nSPS) is 10.3. The quantitative estimate of drug-likeness (QED) is 0.535. The molecule has 0 aromatic heterocycles. The highest BCUT2D eigenvalue weighted by atomic mass is 19.1. The summed E-state index contributed by atoms with van der Waals surface area (Å²) in [5, 5.41) is 2.63. The second-order valence-electron chi connectivity index (χ2n) is 5.39. The van der Waals surface area contributed by atoms with Crippen LogP contribution < -0.4 is 20.9 Å². The molecule has 0 saturated heterocycles. The monoisotopic (exact) mass is 371 g/mol. The number of carbonyl (C=O) groups is 3. The van der Waals surface area contributed by atoms with Gasteiger partial charge in [0.15, 0.2) is 18.2 Å². The van der Waals surface area contributed by atoms with E-state index >= 15 is 0 Å². The molecule has 0 radical (unpaired) electrons. The summed E-state index contributed by atoms with van der Waals surface area (Å²) in [5.74, 6) is -2.00. The highest BCUT2D eigenvalue weighted by molar-refractivity contribution is 5.93. The first-order valence-corrected chi connectivity index (χ1v) is 7.96. The zero-order valence-electron chi connectivity index (χ0n) is 14.5. The van der Waals surface area contributed by atoms with Crippen LogP contribution in [0.15, 0.2) is 54.6 Å². The van der Waals surface area contributed by atoms with Crippen LogP contribution in [0.2, 0.25) is 0 Å². The number of carbonyl (C=O) groups excluding carboxylic acids is 3. The summed E-state index contributed by atoms with van der Waals surface area (Å²) in [6, 6.07) is 12.5. The lowest BCUT2D eigenvalue weighted by Crippen LogP contribution is -2.43. The molecule has 2 aromatic carbocycles. The Kier molecular flexibility index (Phi) is 7.07. The Morgan fingerprint density at radius 1 is 1.04 bits per heavy atom. The lowest BCUT2D eigenvalue weighted by molar-refractivity contribution is -0.128. The van der Waals surface area contributed by atoms with Crippen LogP contribution in [-0.2, 0) is 14.4 Å². The maximum absolute atomic E-state index is 13.3. The van der Waals surface area contributed by atoms with Crippen LogP contribution in [0.4, 0.5) is 10.1 Å². The summed E-state index contributed by atoms with van der Waals surface area (Å²) in [7, 11) is 0. The van der Waals surface area contributed by atoms with E-state index < -0.39 is 24.2 Å². The van der Waals surface area contributed by atoms with Gasteiger partial charge in [0, 0.05) is 18.7 Å². The van der Waals surface area contributed by atoms with Gasteiger partial charge in [-0.1, -0.05) is 24.3 Å². The Hall–Kier alpha value is -3.68. The predicted octanol–water partition coefficient (Wildman–Crippen LogP) is 2.02.